The van der Waals surface area contributed by atoms with Crippen molar-refractivity contribution >= 4 is 11.6 Å². The number of hydrogen-bond donors (Lipinski definition) is 0. The van der Waals surface area contributed by atoms with Crippen LogP contribution in [0.5, 0.6) is 0 Å². The highest BCUT2D eigenvalue weighted by Gasteiger charge is 2.26. The van der Waals surface area contributed by atoms with Gasteiger partial charge in [0, 0.05) is 17.9 Å². The Morgan fingerprint density at radius 2 is 2.19 bits per heavy atom. The molecule has 4 heterocycles. The van der Waals surface area contributed by atoms with Crippen LogP contribution >= 0.6 is 11.6 Å². The summed E-state index contributed by atoms with van der Waals surface area (Å²) in [5.74, 6) is 1.15. The van der Waals surface area contributed by atoms with Crippen LogP contribution in [0.25, 0.3) is 22.9 Å². The van der Waals surface area contributed by atoms with Crippen molar-refractivity contribution in [3.05, 3.63) is 53.0 Å². The number of halogens is 1. The van der Waals surface area contributed by atoms with Crippen LogP contribution in [0.1, 0.15) is 37.0 Å². The van der Waals surface area contributed by atoms with Crippen molar-refractivity contribution in [3.63, 3.8) is 0 Å². The van der Waals surface area contributed by atoms with Crippen LogP contribution in [-0.4, -0.2) is 34.7 Å². The second kappa shape index (κ2) is 6.31. The molecular formula is C18H16ClN7O. The van der Waals surface area contributed by atoms with Crippen LogP contribution in [0.15, 0.2) is 35.2 Å². The molecule has 0 bridgehead atoms. The van der Waals surface area contributed by atoms with E-state index in [2.05, 4.69) is 32.4 Å². The molecule has 1 aromatic carbocycles. The van der Waals surface area contributed by atoms with E-state index in [1.165, 1.54) is 0 Å². The molecule has 0 atom stereocenters. The highest BCUT2D eigenvalue weighted by Crippen LogP contribution is 2.32. The predicted octanol–water partition coefficient (Wildman–Crippen LogP) is 3.40. The summed E-state index contributed by atoms with van der Waals surface area (Å²) in [6, 6.07) is 5.68. The second-order valence-electron chi connectivity index (χ2n) is 6.47. The van der Waals surface area contributed by atoms with Crippen LogP contribution in [0.4, 0.5) is 0 Å². The summed E-state index contributed by atoms with van der Waals surface area (Å²) in [4.78, 5) is 9.11. The van der Waals surface area contributed by atoms with E-state index in [1.807, 2.05) is 22.8 Å². The number of aromatic nitrogens is 7. The lowest BCUT2D eigenvalue weighted by Crippen LogP contribution is -2.03. The zero-order valence-electron chi connectivity index (χ0n) is 14.6. The first-order valence-electron chi connectivity index (χ1n) is 8.83. The van der Waals surface area contributed by atoms with Gasteiger partial charge < -0.3 is 4.52 Å². The lowest BCUT2D eigenvalue weighted by molar-refractivity contribution is 0.375. The van der Waals surface area contributed by atoms with Gasteiger partial charge in [0.25, 0.3) is 0 Å². The number of rotatable bonds is 4. The van der Waals surface area contributed by atoms with E-state index in [1.54, 1.807) is 17.2 Å². The summed E-state index contributed by atoms with van der Waals surface area (Å²) in [5, 5.41) is 13.1. The number of aryl methyl sites for hydroxylation is 1. The largest absolute Gasteiger partial charge is 0.339 e. The maximum atomic E-state index is 6.22. The molecule has 3 aromatic heterocycles. The van der Waals surface area contributed by atoms with E-state index in [0.717, 1.165) is 42.0 Å². The standard InChI is InChI=1S/C18H16ClN7O/c1-2-3-4-16-22-18(23-27-16)17-15-8-12-9-21-24-26(12)14-7-11(19)5-6-13(14)25(15)10-20-17/h5-7,9-10H,2-4,8H2,1H3. The first-order chi connectivity index (χ1) is 13.2. The Hall–Kier alpha value is -3.00. The van der Waals surface area contributed by atoms with Crippen LogP contribution in [0.2, 0.25) is 5.02 Å². The molecular weight excluding hydrogens is 366 g/mol. The Balaban J connectivity index is 1.65. The maximum absolute atomic E-state index is 6.22. The summed E-state index contributed by atoms with van der Waals surface area (Å²) in [6.07, 6.45) is 6.99. The Morgan fingerprint density at radius 1 is 1.26 bits per heavy atom. The topological polar surface area (TPSA) is 87.5 Å². The van der Waals surface area contributed by atoms with Gasteiger partial charge in [-0.05, 0) is 24.6 Å². The van der Waals surface area contributed by atoms with Gasteiger partial charge in [-0.2, -0.15) is 4.98 Å². The molecule has 0 amide bonds. The zero-order valence-corrected chi connectivity index (χ0v) is 15.4. The third kappa shape index (κ3) is 2.64. The second-order valence-corrected chi connectivity index (χ2v) is 6.91. The molecule has 0 radical (unpaired) electrons. The quantitative estimate of drug-likeness (QED) is 0.474. The minimum atomic E-state index is 0.506. The summed E-state index contributed by atoms with van der Waals surface area (Å²) in [7, 11) is 0. The average molecular weight is 382 g/mol. The normalized spacial score (nSPS) is 12.4. The van der Waals surface area contributed by atoms with Crippen molar-refractivity contribution in [2.75, 3.05) is 0 Å². The molecule has 0 fully saturated rings. The van der Waals surface area contributed by atoms with E-state index in [9.17, 15) is 0 Å². The summed E-state index contributed by atoms with van der Waals surface area (Å²) < 4.78 is 9.23. The van der Waals surface area contributed by atoms with E-state index < -0.39 is 0 Å². The first-order valence-corrected chi connectivity index (χ1v) is 9.21. The fraction of sp³-hybridized carbons (Fsp3) is 0.278. The highest BCUT2D eigenvalue weighted by atomic mass is 35.5. The number of hydrogen-bond acceptors (Lipinski definition) is 6. The third-order valence-corrected chi connectivity index (χ3v) is 4.92. The molecule has 9 heteroatoms. The van der Waals surface area contributed by atoms with Crippen molar-refractivity contribution in [3.8, 4) is 22.9 Å². The number of imidazole rings is 1. The Labute approximate surface area is 159 Å². The predicted molar refractivity (Wildman–Crippen MR) is 98.2 cm³/mol. The molecule has 1 aliphatic rings. The number of nitrogens with zero attached hydrogens (tertiary/aromatic N) is 7. The van der Waals surface area contributed by atoms with Gasteiger partial charge in [-0.15, -0.1) is 5.10 Å². The van der Waals surface area contributed by atoms with Crippen LogP contribution in [0.3, 0.4) is 0 Å². The highest BCUT2D eigenvalue weighted by molar-refractivity contribution is 6.30. The van der Waals surface area contributed by atoms with Crippen molar-refractivity contribution in [1.29, 1.82) is 0 Å². The van der Waals surface area contributed by atoms with Crippen molar-refractivity contribution in [1.82, 2.24) is 34.7 Å². The van der Waals surface area contributed by atoms with E-state index in [-0.39, 0.29) is 0 Å². The average Bonchev–Trinajstić information content (AvgIpc) is 3.39. The van der Waals surface area contributed by atoms with Gasteiger partial charge in [0.05, 0.1) is 29.0 Å². The molecule has 0 saturated carbocycles. The molecule has 0 spiro atoms. The Morgan fingerprint density at radius 3 is 3.07 bits per heavy atom. The molecule has 0 aliphatic carbocycles. The van der Waals surface area contributed by atoms with E-state index >= 15 is 0 Å². The van der Waals surface area contributed by atoms with E-state index in [0.29, 0.717) is 28.9 Å². The summed E-state index contributed by atoms with van der Waals surface area (Å²) >= 11 is 6.22. The fourth-order valence-electron chi connectivity index (χ4n) is 3.34. The Bertz CT molecular complexity index is 1130. The summed E-state index contributed by atoms with van der Waals surface area (Å²) in [6.45, 7) is 2.13. The molecule has 136 valence electrons. The van der Waals surface area contributed by atoms with Crippen LogP contribution in [-0.2, 0) is 12.8 Å². The fourth-order valence-corrected chi connectivity index (χ4v) is 3.51. The number of fused-ring (bicyclic) bond motifs is 5. The monoisotopic (exact) mass is 381 g/mol. The van der Waals surface area contributed by atoms with Gasteiger partial charge in [-0.1, -0.05) is 35.3 Å². The van der Waals surface area contributed by atoms with Crippen LogP contribution in [0, 0.1) is 0 Å². The lowest BCUT2D eigenvalue weighted by atomic mass is 10.2. The lowest BCUT2D eigenvalue weighted by Gasteiger charge is -2.09. The van der Waals surface area contributed by atoms with Crippen LogP contribution < -0.4 is 0 Å². The van der Waals surface area contributed by atoms with E-state index in [4.69, 9.17) is 16.1 Å². The van der Waals surface area contributed by atoms with Gasteiger partial charge in [0.2, 0.25) is 11.7 Å². The zero-order chi connectivity index (χ0) is 18.4. The Kier molecular flexibility index (Phi) is 3.78. The van der Waals surface area contributed by atoms with Gasteiger partial charge in [-0.3, -0.25) is 4.57 Å². The van der Waals surface area contributed by atoms with Crippen molar-refractivity contribution in [2.24, 2.45) is 0 Å². The molecule has 0 unspecified atom stereocenters. The molecule has 8 nitrogen and oxygen atoms in total. The molecule has 1 aliphatic heterocycles. The van der Waals surface area contributed by atoms with Crippen molar-refractivity contribution in [2.45, 2.75) is 32.6 Å². The first kappa shape index (κ1) is 16.2. The maximum Gasteiger partial charge on any atom is 0.227 e. The smallest absolute Gasteiger partial charge is 0.227 e. The number of unbranched alkanes of at least 4 members (excludes halogenated alkanes) is 1. The third-order valence-electron chi connectivity index (χ3n) is 4.68. The molecule has 4 aromatic rings. The molecule has 5 rings (SSSR count). The SMILES string of the molecule is CCCCc1nc(-c2ncn3c2Cc2cnnn2-c2cc(Cl)ccc2-3)no1. The van der Waals surface area contributed by atoms with Gasteiger partial charge in [0.1, 0.15) is 12.0 Å². The molecule has 0 saturated heterocycles. The summed E-state index contributed by atoms with van der Waals surface area (Å²) in [5.41, 5.74) is 4.38. The molecule has 27 heavy (non-hydrogen) atoms. The van der Waals surface area contributed by atoms with Crippen molar-refractivity contribution < 1.29 is 4.52 Å². The minimum absolute atomic E-state index is 0.506. The minimum Gasteiger partial charge on any atom is -0.339 e. The van der Waals surface area contributed by atoms with Gasteiger partial charge >= 0.3 is 0 Å². The van der Waals surface area contributed by atoms with Gasteiger partial charge in [0.15, 0.2) is 0 Å². The number of benzene rings is 1. The van der Waals surface area contributed by atoms with Gasteiger partial charge in [-0.25, -0.2) is 9.67 Å². The molecule has 0 N–H and O–H groups in total.